The van der Waals surface area contributed by atoms with E-state index in [-0.39, 0.29) is 0 Å². The predicted molar refractivity (Wildman–Crippen MR) is 79.3 cm³/mol. The molecule has 2 rings (SSSR count). The Morgan fingerprint density at radius 3 is 2.89 bits per heavy atom. The highest BCUT2D eigenvalue weighted by Crippen LogP contribution is 2.28. The fourth-order valence-electron chi connectivity index (χ4n) is 1.66. The number of nitrogen functional groups attached to an aromatic ring is 1. The molecule has 6 heteroatoms. The first-order valence-corrected chi connectivity index (χ1v) is 6.54. The standard InChI is InChI=1S/C13H15BrN4O/c1-8-4-3-5-9(13(8)14)16-11-6-10(15)17-12(18-11)7-19-2/h3-6H,7H2,1-2H3,(H3,15,16,17,18). The number of rotatable bonds is 4. The van der Waals surface area contributed by atoms with Gasteiger partial charge in [0, 0.05) is 17.6 Å². The summed E-state index contributed by atoms with van der Waals surface area (Å²) in [6, 6.07) is 7.66. The van der Waals surface area contributed by atoms with E-state index in [0.29, 0.717) is 24.1 Å². The minimum Gasteiger partial charge on any atom is -0.384 e. The third kappa shape index (κ3) is 3.42. The van der Waals surface area contributed by atoms with Gasteiger partial charge in [-0.15, -0.1) is 0 Å². The SMILES string of the molecule is COCc1nc(N)cc(Nc2cccc(C)c2Br)n1. The van der Waals surface area contributed by atoms with Crippen molar-refractivity contribution in [3.8, 4) is 0 Å². The average Bonchev–Trinajstić information content (AvgIpc) is 2.35. The van der Waals surface area contributed by atoms with Gasteiger partial charge in [-0.05, 0) is 34.5 Å². The summed E-state index contributed by atoms with van der Waals surface area (Å²) in [6.45, 7) is 2.36. The van der Waals surface area contributed by atoms with E-state index in [9.17, 15) is 0 Å². The van der Waals surface area contributed by atoms with Crippen LogP contribution in [0.3, 0.4) is 0 Å². The average molecular weight is 323 g/mol. The lowest BCUT2D eigenvalue weighted by Crippen LogP contribution is -2.04. The van der Waals surface area contributed by atoms with Gasteiger partial charge in [0.25, 0.3) is 0 Å². The molecule has 0 aliphatic carbocycles. The van der Waals surface area contributed by atoms with Crippen molar-refractivity contribution >= 4 is 33.3 Å². The lowest BCUT2D eigenvalue weighted by molar-refractivity contribution is 0.178. The first-order valence-electron chi connectivity index (χ1n) is 5.74. The van der Waals surface area contributed by atoms with Gasteiger partial charge < -0.3 is 15.8 Å². The van der Waals surface area contributed by atoms with E-state index in [1.807, 2.05) is 25.1 Å². The maximum absolute atomic E-state index is 5.75. The molecular formula is C13H15BrN4O. The van der Waals surface area contributed by atoms with Gasteiger partial charge in [0.1, 0.15) is 18.2 Å². The van der Waals surface area contributed by atoms with Crippen molar-refractivity contribution in [2.75, 3.05) is 18.2 Å². The van der Waals surface area contributed by atoms with Crippen LogP contribution in [0.2, 0.25) is 0 Å². The number of nitrogens with one attached hydrogen (secondary N) is 1. The topological polar surface area (TPSA) is 73.1 Å². The van der Waals surface area contributed by atoms with E-state index in [1.54, 1.807) is 13.2 Å². The normalized spacial score (nSPS) is 10.5. The summed E-state index contributed by atoms with van der Waals surface area (Å²) in [7, 11) is 1.59. The van der Waals surface area contributed by atoms with Gasteiger partial charge in [0.05, 0.1) is 5.69 Å². The summed E-state index contributed by atoms with van der Waals surface area (Å²) in [4.78, 5) is 8.44. The minimum absolute atomic E-state index is 0.328. The van der Waals surface area contributed by atoms with Crippen molar-refractivity contribution in [3.05, 3.63) is 40.1 Å². The van der Waals surface area contributed by atoms with Gasteiger partial charge in [0.2, 0.25) is 0 Å². The fraction of sp³-hybridized carbons (Fsp3) is 0.231. The van der Waals surface area contributed by atoms with Crippen LogP contribution in [0.4, 0.5) is 17.3 Å². The van der Waals surface area contributed by atoms with E-state index in [1.165, 1.54) is 0 Å². The molecule has 0 unspecified atom stereocenters. The van der Waals surface area contributed by atoms with Crippen molar-refractivity contribution in [1.82, 2.24) is 9.97 Å². The zero-order chi connectivity index (χ0) is 13.8. The molecule has 0 aliphatic rings. The van der Waals surface area contributed by atoms with E-state index in [2.05, 4.69) is 31.2 Å². The molecule has 3 N–H and O–H groups in total. The Balaban J connectivity index is 2.30. The number of nitrogens with zero attached hydrogens (tertiary/aromatic N) is 2. The largest absolute Gasteiger partial charge is 0.384 e. The van der Waals surface area contributed by atoms with Gasteiger partial charge >= 0.3 is 0 Å². The molecule has 0 saturated heterocycles. The van der Waals surface area contributed by atoms with Crippen LogP contribution in [-0.4, -0.2) is 17.1 Å². The number of benzene rings is 1. The summed E-state index contributed by atoms with van der Waals surface area (Å²) in [5, 5.41) is 3.22. The number of halogens is 1. The molecule has 1 aromatic carbocycles. The van der Waals surface area contributed by atoms with Crippen molar-refractivity contribution in [3.63, 3.8) is 0 Å². The van der Waals surface area contributed by atoms with Crippen molar-refractivity contribution in [2.24, 2.45) is 0 Å². The van der Waals surface area contributed by atoms with Crippen LogP contribution in [0, 0.1) is 6.92 Å². The molecule has 0 saturated carbocycles. The molecule has 0 amide bonds. The van der Waals surface area contributed by atoms with Crippen molar-refractivity contribution < 1.29 is 4.74 Å². The lowest BCUT2D eigenvalue weighted by Gasteiger charge is -2.11. The molecule has 0 radical (unpaired) electrons. The molecular weight excluding hydrogens is 308 g/mol. The van der Waals surface area contributed by atoms with Crippen LogP contribution in [0.25, 0.3) is 0 Å². The number of nitrogens with two attached hydrogens (primary N) is 1. The number of hydrogen-bond donors (Lipinski definition) is 2. The number of aryl methyl sites for hydroxylation is 1. The molecule has 1 aromatic heterocycles. The maximum atomic E-state index is 5.75. The fourth-order valence-corrected chi connectivity index (χ4v) is 2.02. The van der Waals surface area contributed by atoms with Gasteiger partial charge in [-0.2, -0.15) is 0 Å². The van der Waals surface area contributed by atoms with Gasteiger partial charge in [-0.1, -0.05) is 12.1 Å². The molecule has 5 nitrogen and oxygen atoms in total. The van der Waals surface area contributed by atoms with Crippen LogP contribution in [0.15, 0.2) is 28.7 Å². The first-order chi connectivity index (χ1) is 9.10. The van der Waals surface area contributed by atoms with E-state index >= 15 is 0 Å². The summed E-state index contributed by atoms with van der Waals surface area (Å²) in [5.41, 5.74) is 7.83. The van der Waals surface area contributed by atoms with Crippen LogP contribution in [0.1, 0.15) is 11.4 Å². The summed E-state index contributed by atoms with van der Waals surface area (Å²) in [5.74, 6) is 1.60. The van der Waals surface area contributed by atoms with Crippen LogP contribution in [0.5, 0.6) is 0 Å². The number of ether oxygens (including phenoxy) is 1. The number of anilines is 3. The number of aromatic nitrogens is 2. The molecule has 0 aliphatic heterocycles. The molecule has 100 valence electrons. The second-order valence-corrected chi connectivity index (χ2v) is 4.88. The maximum Gasteiger partial charge on any atom is 0.158 e. The summed E-state index contributed by atoms with van der Waals surface area (Å²) in [6.07, 6.45) is 0. The van der Waals surface area contributed by atoms with Crippen LogP contribution < -0.4 is 11.1 Å². The van der Waals surface area contributed by atoms with Gasteiger partial charge in [-0.25, -0.2) is 9.97 Å². The third-order valence-electron chi connectivity index (χ3n) is 2.52. The van der Waals surface area contributed by atoms with Crippen molar-refractivity contribution in [1.29, 1.82) is 0 Å². The quantitative estimate of drug-likeness (QED) is 0.905. The number of hydrogen-bond acceptors (Lipinski definition) is 5. The highest BCUT2D eigenvalue weighted by molar-refractivity contribution is 9.10. The Morgan fingerprint density at radius 1 is 1.37 bits per heavy atom. The Labute approximate surface area is 120 Å². The Kier molecular flexibility index (Phi) is 4.34. The Morgan fingerprint density at radius 2 is 2.16 bits per heavy atom. The minimum atomic E-state index is 0.328. The molecule has 0 atom stereocenters. The lowest BCUT2D eigenvalue weighted by atomic mass is 10.2. The van der Waals surface area contributed by atoms with Crippen LogP contribution >= 0.6 is 15.9 Å². The molecule has 19 heavy (non-hydrogen) atoms. The third-order valence-corrected chi connectivity index (χ3v) is 3.57. The Bertz CT molecular complexity index is 589. The van der Waals surface area contributed by atoms with E-state index < -0.39 is 0 Å². The zero-order valence-corrected chi connectivity index (χ0v) is 12.4. The second kappa shape index (κ2) is 5.99. The smallest absolute Gasteiger partial charge is 0.158 e. The highest BCUT2D eigenvalue weighted by atomic mass is 79.9. The zero-order valence-electron chi connectivity index (χ0n) is 10.8. The number of methoxy groups -OCH3 is 1. The summed E-state index contributed by atoms with van der Waals surface area (Å²) >= 11 is 3.54. The van der Waals surface area contributed by atoms with Crippen LogP contribution in [-0.2, 0) is 11.3 Å². The van der Waals surface area contributed by atoms with E-state index in [0.717, 1.165) is 15.7 Å². The van der Waals surface area contributed by atoms with Gasteiger partial charge in [-0.3, -0.25) is 0 Å². The monoisotopic (exact) mass is 322 g/mol. The molecule has 0 bridgehead atoms. The predicted octanol–water partition coefficient (Wildman–Crippen LogP) is 3.02. The second-order valence-electron chi connectivity index (χ2n) is 4.09. The highest BCUT2D eigenvalue weighted by Gasteiger charge is 2.06. The van der Waals surface area contributed by atoms with E-state index in [4.69, 9.17) is 10.5 Å². The first kappa shape index (κ1) is 13.8. The summed E-state index contributed by atoms with van der Waals surface area (Å²) < 4.78 is 6.01. The van der Waals surface area contributed by atoms with Crippen molar-refractivity contribution in [2.45, 2.75) is 13.5 Å². The molecule has 2 aromatic rings. The molecule has 1 heterocycles. The molecule has 0 fully saturated rings. The molecule has 0 spiro atoms. The Hall–Kier alpha value is -1.66. The van der Waals surface area contributed by atoms with Gasteiger partial charge in [0.15, 0.2) is 5.82 Å².